The van der Waals surface area contributed by atoms with Gasteiger partial charge in [0.1, 0.15) is 0 Å². The third-order valence-electron chi connectivity index (χ3n) is 3.87. The van der Waals surface area contributed by atoms with Crippen LogP contribution < -0.4 is 4.90 Å². The van der Waals surface area contributed by atoms with Crippen molar-refractivity contribution < 1.29 is 4.79 Å². The van der Waals surface area contributed by atoms with Crippen LogP contribution >= 0.6 is 38.9 Å². The lowest BCUT2D eigenvalue weighted by molar-refractivity contribution is -0.125. The van der Waals surface area contributed by atoms with Gasteiger partial charge in [0.15, 0.2) is 5.15 Å². The van der Waals surface area contributed by atoms with E-state index in [1.807, 2.05) is 39.0 Å². The van der Waals surface area contributed by atoms with Crippen LogP contribution in [0.1, 0.15) is 20.8 Å². The van der Waals surface area contributed by atoms with Crippen molar-refractivity contribution >= 4 is 60.5 Å². The molecule has 1 aromatic carbocycles. The Labute approximate surface area is 164 Å². The number of halogens is 2. The van der Waals surface area contributed by atoms with Gasteiger partial charge in [0.05, 0.1) is 16.3 Å². The minimum Gasteiger partial charge on any atom is -0.312 e. The first-order valence-electron chi connectivity index (χ1n) is 7.81. The number of hydrogen-bond acceptors (Lipinski definition) is 3. The zero-order chi connectivity index (χ0) is 18.4. The lowest BCUT2D eigenvalue weighted by Crippen LogP contribution is -2.36. The van der Waals surface area contributed by atoms with E-state index in [1.165, 1.54) is 10.1 Å². The summed E-state index contributed by atoms with van der Waals surface area (Å²) in [6.07, 6.45) is 0. The first-order chi connectivity index (χ1) is 11.7. The SMILES string of the molecule is CN(C(=O)C(C)(C)C)c1ccc(-c2cc3ccc(Br)cc3s2)nc1Cl. The Morgan fingerprint density at radius 1 is 1.20 bits per heavy atom. The van der Waals surface area contributed by atoms with Crippen LogP contribution in [0.2, 0.25) is 5.15 Å². The molecular weight excluding hydrogens is 420 g/mol. The van der Waals surface area contributed by atoms with Gasteiger partial charge in [-0.25, -0.2) is 4.98 Å². The lowest BCUT2D eigenvalue weighted by Gasteiger charge is -2.26. The molecule has 0 aliphatic carbocycles. The fourth-order valence-electron chi connectivity index (χ4n) is 2.56. The molecule has 0 aliphatic rings. The van der Waals surface area contributed by atoms with Gasteiger partial charge in [-0.05, 0) is 35.7 Å². The maximum Gasteiger partial charge on any atom is 0.232 e. The third-order valence-corrected chi connectivity index (χ3v) is 5.76. The Morgan fingerprint density at radius 3 is 2.56 bits per heavy atom. The van der Waals surface area contributed by atoms with Gasteiger partial charge in [-0.3, -0.25) is 4.79 Å². The Morgan fingerprint density at radius 2 is 1.92 bits per heavy atom. The van der Waals surface area contributed by atoms with Crippen LogP contribution in [0.15, 0.2) is 40.9 Å². The summed E-state index contributed by atoms with van der Waals surface area (Å²) in [5.41, 5.74) is 0.951. The van der Waals surface area contributed by atoms with Gasteiger partial charge in [0.25, 0.3) is 0 Å². The Bertz CT molecular complexity index is 962. The van der Waals surface area contributed by atoms with Crippen LogP contribution in [0, 0.1) is 5.41 Å². The number of carbonyl (C=O) groups is 1. The van der Waals surface area contributed by atoms with Crippen molar-refractivity contribution in [3.63, 3.8) is 0 Å². The number of nitrogens with zero attached hydrogens (tertiary/aromatic N) is 2. The van der Waals surface area contributed by atoms with Crippen LogP contribution in [-0.4, -0.2) is 17.9 Å². The summed E-state index contributed by atoms with van der Waals surface area (Å²) in [6.45, 7) is 5.66. The molecule has 0 saturated heterocycles. The molecule has 3 nitrogen and oxygen atoms in total. The number of carbonyl (C=O) groups excluding carboxylic acids is 1. The number of aromatic nitrogens is 1. The summed E-state index contributed by atoms with van der Waals surface area (Å²) in [5, 5.41) is 1.50. The molecule has 2 heterocycles. The maximum atomic E-state index is 12.5. The predicted octanol–water partition coefficient (Wildman–Crippen LogP) is 6.39. The molecule has 1 amide bonds. The minimum absolute atomic E-state index is 0.00402. The largest absolute Gasteiger partial charge is 0.312 e. The second-order valence-corrected chi connectivity index (χ2v) is 9.27. The predicted molar refractivity (Wildman–Crippen MR) is 111 cm³/mol. The normalized spacial score (nSPS) is 11.8. The Balaban J connectivity index is 1.97. The van der Waals surface area contributed by atoms with E-state index in [0.717, 1.165) is 15.0 Å². The molecular formula is C19H18BrClN2OS. The molecule has 0 atom stereocenters. The Kier molecular flexibility index (Phi) is 4.93. The van der Waals surface area contributed by atoms with Gasteiger partial charge in [0.2, 0.25) is 5.91 Å². The third kappa shape index (κ3) is 3.73. The van der Waals surface area contributed by atoms with E-state index in [1.54, 1.807) is 23.3 Å². The molecule has 0 fully saturated rings. The molecule has 0 spiro atoms. The van der Waals surface area contributed by atoms with Crippen molar-refractivity contribution in [1.29, 1.82) is 0 Å². The standard InChI is InChI=1S/C19H18BrClN2OS/c1-19(2,3)18(24)23(4)14-8-7-13(22-17(14)21)16-9-11-5-6-12(20)10-15(11)25-16/h5-10H,1-4H3. The number of amides is 1. The highest BCUT2D eigenvalue weighted by Crippen LogP contribution is 2.36. The van der Waals surface area contributed by atoms with Gasteiger partial charge >= 0.3 is 0 Å². The fourth-order valence-corrected chi connectivity index (χ4v) is 4.42. The molecule has 3 aromatic rings. The van der Waals surface area contributed by atoms with E-state index in [0.29, 0.717) is 10.8 Å². The molecule has 3 rings (SSSR count). The average Bonchev–Trinajstić information content (AvgIpc) is 2.95. The number of anilines is 1. The van der Waals surface area contributed by atoms with E-state index in [2.05, 4.69) is 39.1 Å². The van der Waals surface area contributed by atoms with Gasteiger partial charge in [0, 0.05) is 21.6 Å². The topological polar surface area (TPSA) is 33.2 Å². The van der Waals surface area contributed by atoms with Crippen LogP contribution in [0.25, 0.3) is 20.7 Å². The summed E-state index contributed by atoms with van der Waals surface area (Å²) in [5.74, 6) is -0.00402. The number of pyridine rings is 1. The monoisotopic (exact) mass is 436 g/mol. The quantitative estimate of drug-likeness (QED) is 0.435. The van der Waals surface area contributed by atoms with E-state index < -0.39 is 5.41 Å². The van der Waals surface area contributed by atoms with Gasteiger partial charge in [-0.2, -0.15) is 0 Å². The van der Waals surface area contributed by atoms with E-state index in [4.69, 9.17) is 11.6 Å². The number of fused-ring (bicyclic) bond motifs is 1. The molecule has 2 aromatic heterocycles. The molecule has 0 N–H and O–H groups in total. The molecule has 130 valence electrons. The molecule has 0 unspecified atom stereocenters. The Hall–Kier alpha value is -1.43. The second-order valence-electron chi connectivity index (χ2n) is 6.91. The molecule has 0 aliphatic heterocycles. The zero-order valence-electron chi connectivity index (χ0n) is 14.4. The zero-order valence-corrected chi connectivity index (χ0v) is 17.6. The highest BCUT2D eigenvalue weighted by Gasteiger charge is 2.27. The number of rotatable bonds is 2. The maximum absolute atomic E-state index is 12.5. The highest BCUT2D eigenvalue weighted by molar-refractivity contribution is 9.10. The van der Waals surface area contributed by atoms with Crippen molar-refractivity contribution in [2.75, 3.05) is 11.9 Å². The van der Waals surface area contributed by atoms with E-state index >= 15 is 0 Å². The van der Waals surface area contributed by atoms with Crippen molar-refractivity contribution in [3.8, 4) is 10.6 Å². The van der Waals surface area contributed by atoms with Crippen LogP contribution in [0.4, 0.5) is 5.69 Å². The van der Waals surface area contributed by atoms with Gasteiger partial charge in [-0.1, -0.05) is 54.4 Å². The first-order valence-corrected chi connectivity index (χ1v) is 9.80. The first kappa shape index (κ1) is 18.4. The summed E-state index contributed by atoms with van der Waals surface area (Å²) < 4.78 is 2.24. The number of hydrogen-bond donors (Lipinski definition) is 0. The molecule has 25 heavy (non-hydrogen) atoms. The number of benzene rings is 1. The summed E-state index contributed by atoms with van der Waals surface area (Å²) >= 11 is 11.5. The van der Waals surface area contributed by atoms with Gasteiger partial charge < -0.3 is 4.90 Å². The number of thiophene rings is 1. The minimum atomic E-state index is -0.477. The van der Waals surface area contributed by atoms with Crippen LogP contribution in [-0.2, 0) is 4.79 Å². The smallest absolute Gasteiger partial charge is 0.232 e. The average molecular weight is 438 g/mol. The second kappa shape index (κ2) is 6.71. The summed E-state index contributed by atoms with van der Waals surface area (Å²) in [4.78, 5) is 19.6. The van der Waals surface area contributed by atoms with E-state index in [9.17, 15) is 4.79 Å². The van der Waals surface area contributed by atoms with Crippen molar-refractivity contribution in [2.24, 2.45) is 5.41 Å². The highest BCUT2D eigenvalue weighted by atomic mass is 79.9. The summed E-state index contributed by atoms with van der Waals surface area (Å²) in [7, 11) is 1.73. The van der Waals surface area contributed by atoms with Crippen LogP contribution in [0.5, 0.6) is 0 Å². The van der Waals surface area contributed by atoms with E-state index in [-0.39, 0.29) is 5.91 Å². The fraction of sp³-hybridized carbons (Fsp3) is 0.263. The van der Waals surface area contributed by atoms with Crippen molar-refractivity contribution in [2.45, 2.75) is 20.8 Å². The molecule has 0 bridgehead atoms. The summed E-state index contributed by atoms with van der Waals surface area (Å²) in [6, 6.07) is 12.1. The molecule has 6 heteroatoms. The molecule has 0 saturated carbocycles. The van der Waals surface area contributed by atoms with Crippen molar-refractivity contribution in [3.05, 3.63) is 46.0 Å². The lowest BCUT2D eigenvalue weighted by atomic mass is 9.95. The molecule has 0 radical (unpaired) electrons. The van der Waals surface area contributed by atoms with Crippen molar-refractivity contribution in [1.82, 2.24) is 4.98 Å². The van der Waals surface area contributed by atoms with Gasteiger partial charge in [-0.15, -0.1) is 11.3 Å². The van der Waals surface area contributed by atoms with Crippen LogP contribution in [0.3, 0.4) is 0 Å².